The lowest BCUT2D eigenvalue weighted by Crippen LogP contribution is -2.29. The maximum absolute atomic E-state index is 14.2. The van der Waals surface area contributed by atoms with Gasteiger partial charge < -0.3 is 19.3 Å². The van der Waals surface area contributed by atoms with Crippen LogP contribution in [0.4, 0.5) is 9.52 Å². The first kappa shape index (κ1) is 30.6. The standard InChI is InChI=1S/C33H30FN3O6S2/c1-4-41-25-13-10-19(16-26(25)42-5-2)28-27(29(38)20-11-12-24-22(15-20)14-18(3)43-24)30(39)31(40)37(28)32-35-36-33(45-32)44-17-21-8-6-7-9-23(21)34/h6-13,15-16,18,28,38H,4-5,14,17H2,1-3H3/b29-27-. The summed E-state index contributed by atoms with van der Waals surface area (Å²) in [6.07, 6.45) is 0.648. The van der Waals surface area contributed by atoms with Crippen LogP contribution >= 0.6 is 23.1 Å². The second-order valence-electron chi connectivity index (χ2n) is 10.4. The monoisotopic (exact) mass is 647 g/mol. The molecule has 2 aliphatic heterocycles. The van der Waals surface area contributed by atoms with E-state index in [2.05, 4.69) is 10.2 Å². The van der Waals surface area contributed by atoms with E-state index in [9.17, 15) is 19.1 Å². The van der Waals surface area contributed by atoms with Gasteiger partial charge in [0, 0.05) is 17.7 Å². The number of rotatable bonds is 10. The van der Waals surface area contributed by atoms with Gasteiger partial charge in [-0.3, -0.25) is 14.5 Å². The molecule has 0 bridgehead atoms. The number of aliphatic hydroxyl groups is 1. The SMILES string of the molecule is CCOc1ccc(C2/C(=C(/O)c3ccc4c(c3)CC(C)O4)C(=O)C(=O)N2c2nnc(SCc3ccccc3F)s2)cc1OCC. The van der Waals surface area contributed by atoms with E-state index in [0.717, 1.165) is 22.6 Å². The molecule has 0 aliphatic carbocycles. The van der Waals surface area contributed by atoms with Gasteiger partial charge in [-0.1, -0.05) is 47.4 Å². The molecule has 45 heavy (non-hydrogen) atoms. The van der Waals surface area contributed by atoms with Crippen LogP contribution in [0.1, 0.15) is 49.1 Å². The molecule has 4 aromatic rings. The van der Waals surface area contributed by atoms with Crippen LogP contribution in [-0.4, -0.2) is 46.3 Å². The Labute approximate surface area is 267 Å². The van der Waals surface area contributed by atoms with E-state index in [0.29, 0.717) is 57.9 Å². The van der Waals surface area contributed by atoms with E-state index in [1.54, 1.807) is 54.6 Å². The molecule has 0 saturated carbocycles. The average molecular weight is 648 g/mol. The summed E-state index contributed by atoms with van der Waals surface area (Å²) in [5.41, 5.74) is 2.22. The lowest BCUT2D eigenvalue weighted by Gasteiger charge is -2.23. The van der Waals surface area contributed by atoms with Crippen LogP contribution in [0.15, 0.2) is 70.6 Å². The predicted octanol–water partition coefficient (Wildman–Crippen LogP) is 6.72. The summed E-state index contributed by atoms with van der Waals surface area (Å²) in [5.74, 6) is -0.375. The molecule has 12 heteroatoms. The molecule has 2 unspecified atom stereocenters. The number of nitrogens with zero attached hydrogens (tertiary/aromatic N) is 3. The summed E-state index contributed by atoms with van der Waals surface area (Å²) < 4.78 is 32.1. The molecule has 1 amide bonds. The Morgan fingerprint density at radius 1 is 1.07 bits per heavy atom. The number of anilines is 1. The van der Waals surface area contributed by atoms with Gasteiger partial charge in [-0.25, -0.2) is 4.39 Å². The Kier molecular flexibility index (Phi) is 8.77. The smallest absolute Gasteiger partial charge is 0.301 e. The Balaban J connectivity index is 1.43. The minimum Gasteiger partial charge on any atom is -0.507 e. The number of thioether (sulfide) groups is 1. The van der Waals surface area contributed by atoms with Crippen molar-refractivity contribution < 1.29 is 33.3 Å². The molecule has 1 N–H and O–H groups in total. The van der Waals surface area contributed by atoms with E-state index in [-0.39, 0.29) is 28.4 Å². The molecule has 6 rings (SSSR count). The van der Waals surface area contributed by atoms with Gasteiger partial charge in [-0.2, -0.15) is 0 Å². The first-order chi connectivity index (χ1) is 21.8. The van der Waals surface area contributed by atoms with Crippen LogP contribution in [0.25, 0.3) is 5.76 Å². The van der Waals surface area contributed by atoms with E-state index < -0.39 is 17.7 Å². The number of ether oxygens (including phenoxy) is 3. The number of ketones is 1. The van der Waals surface area contributed by atoms with Crippen molar-refractivity contribution in [2.24, 2.45) is 0 Å². The number of Topliss-reactive ketones (excluding diaryl/α,β-unsaturated/α-hetero) is 1. The summed E-state index contributed by atoms with van der Waals surface area (Å²) in [6.45, 7) is 6.43. The minimum atomic E-state index is -1.04. The number of fused-ring (bicyclic) bond motifs is 1. The van der Waals surface area contributed by atoms with Crippen molar-refractivity contribution in [3.05, 3.63) is 94.3 Å². The van der Waals surface area contributed by atoms with Gasteiger partial charge in [0.2, 0.25) is 5.13 Å². The topological polar surface area (TPSA) is 111 Å². The highest BCUT2D eigenvalue weighted by molar-refractivity contribution is 8.00. The Hall–Kier alpha value is -4.42. The first-order valence-electron chi connectivity index (χ1n) is 14.5. The van der Waals surface area contributed by atoms with Crippen molar-refractivity contribution in [1.82, 2.24) is 10.2 Å². The number of benzene rings is 3. The van der Waals surface area contributed by atoms with Gasteiger partial charge in [-0.05, 0) is 73.9 Å². The van der Waals surface area contributed by atoms with Crippen molar-refractivity contribution in [2.75, 3.05) is 18.1 Å². The second-order valence-corrected chi connectivity index (χ2v) is 12.6. The van der Waals surface area contributed by atoms with Crippen LogP contribution in [0, 0.1) is 5.82 Å². The van der Waals surface area contributed by atoms with Gasteiger partial charge >= 0.3 is 5.91 Å². The fraction of sp³-hybridized carbons (Fsp3) is 0.273. The molecule has 232 valence electrons. The normalized spacial score (nSPS) is 18.6. The molecule has 3 aromatic carbocycles. The van der Waals surface area contributed by atoms with E-state index in [1.807, 2.05) is 20.8 Å². The number of aromatic nitrogens is 2. The number of halogens is 1. The molecule has 0 radical (unpaired) electrons. The Bertz CT molecular complexity index is 1810. The van der Waals surface area contributed by atoms with Gasteiger partial charge in [0.15, 0.2) is 15.8 Å². The summed E-state index contributed by atoms with van der Waals surface area (Å²) >= 11 is 2.38. The van der Waals surface area contributed by atoms with Crippen molar-refractivity contribution in [1.29, 1.82) is 0 Å². The zero-order valence-electron chi connectivity index (χ0n) is 24.8. The molecule has 1 aromatic heterocycles. The zero-order chi connectivity index (χ0) is 31.7. The fourth-order valence-corrected chi connectivity index (χ4v) is 7.27. The van der Waals surface area contributed by atoms with Crippen LogP contribution in [0.2, 0.25) is 0 Å². The van der Waals surface area contributed by atoms with Crippen LogP contribution in [-0.2, 0) is 21.8 Å². The van der Waals surface area contributed by atoms with Gasteiger partial charge in [0.1, 0.15) is 23.4 Å². The predicted molar refractivity (Wildman–Crippen MR) is 170 cm³/mol. The summed E-state index contributed by atoms with van der Waals surface area (Å²) in [6, 6.07) is 15.8. The van der Waals surface area contributed by atoms with Gasteiger partial charge in [0.25, 0.3) is 5.78 Å². The number of hydrogen-bond acceptors (Lipinski definition) is 10. The first-order valence-corrected chi connectivity index (χ1v) is 16.3. The molecule has 0 spiro atoms. The quantitative estimate of drug-likeness (QED) is 0.0660. The molecule has 2 atom stereocenters. The lowest BCUT2D eigenvalue weighted by atomic mass is 9.94. The number of amides is 1. The van der Waals surface area contributed by atoms with Gasteiger partial charge in [-0.15, -0.1) is 10.2 Å². The van der Waals surface area contributed by atoms with E-state index in [4.69, 9.17) is 14.2 Å². The van der Waals surface area contributed by atoms with Gasteiger partial charge in [0.05, 0.1) is 24.8 Å². The van der Waals surface area contributed by atoms with Crippen LogP contribution in [0.5, 0.6) is 17.2 Å². The molecular weight excluding hydrogens is 618 g/mol. The summed E-state index contributed by atoms with van der Waals surface area (Å²) in [5, 5.41) is 20.3. The van der Waals surface area contributed by atoms with Crippen molar-refractivity contribution in [2.45, 2.75) is 49.4 Å². The minimum absolute atomic E-state index is 0.00771. The second kappa shape index (κ2) is 12.9. The molecule has 1 saturated heterocycles. The third kappa shape index (κ3) is 5.99. The van der Waals surface area contributed by atoms with Crippen molar-refractivity contribution in [3.63, 3.8) is 0 Å². The highest BCUT2D eigenvalue weighted by Crippen LogP contribution is 2.46. The highest BCUT2D eigenvalue weighted by Gasteiger charge is 2.48. The maximum atomic E-state index is 14.2. The largest absolute Gasteiger partial charge is 0.507 e. The maximum Gasteiger partial charge on any atom is 0.301 e. The Morgan fingerprint density at radius 2 is 1.84 bits per heavy atom. The van der Waals surface area contributed by atoms with Crippen molar-refractivity contribution >= 4 is 45.7 Å². The van der Waals surface area contributed by atoms with Crippen LogP contribution in [0.3, 0.4) is 0 Å². The fourth-order valence-electron chi connectivity index (χ4n) is 5.42. The average Bonchev–Trinajstić information content (AvgIpc) is 3.72. The zero-order valence-corrected chi connectivity index (χ0v) is 26.4. The third-order valence-electron chi connectivity index (χ3n) is 7.41. The lowest BCUT2D eigenvalue weighted by molar-refractivity contribution is -0.132. The Morgan fingerprint density at radius 3 is 2.62 bits per heavy atom. The molecular formula is C33H30FN3O6S2. The third-order valence-corrected chi connectivity index (χ3v) is 9.51. The number of hydrogen-bond donors (Lipinski definition) is 1. The summed E-state index contributed by atoms with van der Waals surface area (Å²) in [7, 11) is 0. The molecule has 9 nitrogen and oxygen atoms in total. The molecule has 2 aliphatic rings. The number of carbonyl (C=O) groups excluding carboxylic acids is 2. The van der Waals surface area contributed by atoms with Crippen molar-refractivity contribution in [3.8, 4) is 17.2 Å². The number of aliphatic hydroxyl groups excluding tert-OH is 1. The number of carbonyl (C=O) groups is 2. The molecule has 1 fully saturated rings. The van der Waals surface area contributed by atoms with E-state index in [1.165, 1.54) is 22.7 Å². The van der Waals surface area contributed by atoms with E-state index >= 15 is 0 Å². The summed E-state index contributed by atoms with van der Waals surface area (Å²) in [4.78, 5) is 28.7. The highest BCUT2D eigenvalue weighted by atomic mass is 32.2. The molecule has 3 heterocycles. The van der Waals surface area contributed by atoms with Crippen LogP contribution < -0.4 is 19.1 Å².